The van der Waals surface area contributed by atoms with Crippen LogP contribution in [0.15, 0.2) is 0 Å². The zero-order valence-corrected chi connectivity index (χ0v) is 15.4. The fourth-order valence-corrected chi connectivity index (χ4v) is 5.28. The van der Waals surface area contributed by atoms with Crippen molar-refractivity contribution in [3.8, 4) is 0 Å². The Morgan fingerprint density at radius 1 is 1.29 bits per heavy atom. The molecule has 2 fully saturated rings. The van der Waals surface area contributed by atoms with Gasteiger partial charge in [-0.15, -0.1) is 0 Å². The number of nitrogens with one attached hydrogen (secondary N) is 1. The molecule has 2 rings (SSSR count). The summed E-state index contributed by atoms with van der Waals surface area (Å²) in [5.41, 5.74) is 0.589. The first kappa shape index (κ1) is 17.6. The molecule has 2 heterocycles. The molecule has 0 aromatic carbocycles. The standard InChI is InChI=1S/C18H35NOS/c1-5-10-19-16(17(3,4)6-2)15-7-11-20-18(14-15)8-12-21-13-9-18/h15-16,19H,5-14H2,1-4H3. The average molecular weight is 314 g/mol. The number of ether oxygens (including phenoxy) is 1. The molecule has 1 spiro atoms. The normalized spacial score (nSPS) is 27.7. The molecular weight excluding hydrogens is 278 g/mol. The zero-order chi connectivity index (χ0) is 15.3. The van der Waals surface area contributed by atoms with Crippen LogP contribution in [0.4, 0.5) is 0 Å². The highest BCUT2D eigenvalue weighted by Crippen LogP contribution is 2.43. The molecule has 2 saturated heterocycles. The summed E-state index contributed by atoms with van der Waals surface area (Å²) in [5.74, 6) is 3.36. The maximum absolute atomic E-state index is 6.30. The van der Waals surface area contributed by atoms with Crippen molar-refractivity contribution >= 4 is 11.8 Å². The summed E-state index contributed by atoms with van der Waals surface area (Å²) in [5, 5.41) is 3.89. The van der Waals surface area contributed by atoms with Crippen LogP contribution >= 0.6 is 11.8 Å². The molecule has 21 heavy (non-hydrogen) atoms. The second-order valence-corrected chi connectivity index (χ2v) is 8.90. The van der Waals surface area contributed by atoms with E-state index in [1.165, 1.54) is 50.0 Å². The van der Waals surface area contributed by atoms with Crippen LogP contribution in [-0.4, -0.2) is 36.3 Å². The van der Waals surface area contributed by atoms with Crippen LogP contribution in [-0.2, 0) is 4.74 Å². The van der Waals surface area contributed by atoms with Gasteiger partial charge in [0, 0.05) is 12.6 Å². The van der Waals surface area contributed by atoms with E-state index in [4.69, 9.17) is 4.74 Å². The van der Waals surface area contributed by atoms with E-state index in [1.807, 2.05) is 0 Å². The van der Waals surface area contributed by atoms with E-state index in [2.05, 4.69) is 44.8 Å². The van der Waals surface area contributed by atoms with Gasteiger partial charge in [-0.2, -0.15) is 11.8 Å². The summed E-state index contributed by atoms with van der Waals surface area (Å²) in [6.45, 7) is 11.6. The maximum atomic E-state index is 6.30. The largest absolute Gasteiger partial charge is 0.375 e. The van der Waals surface area contributed by atoms with Crippen molar-refractivity contribution in [1.82, 2.24) is 5.32 Å². The quantitative estimate of drug-likeness (QED) is 0.781. The Labute approximate surface area is 136 Å². The smallest absolute Gasteiger partial charge is 0.0701 e. The van der Waals surface area contributed by atoms with Crippen molar-refractivity contribution in [1.29, 1.82) is 0 Å². The second-order valence-electron chi connectivity index (χ2n) is 7.67. The molecule has 2 nitrogen and oxygen atoms in total. The molecule has 0 aromatic heterocycles. The van der Waals surface area contributed by atoms with E-state index < -0.39 is 0 Å². The Bertz CT molecular complexity index is 307. The minimum absolute atomic E-state index is 0.212. The van der Waals surface area contributed by atoms with Crippen molar-refractivity contribution in [3.05, 3.63) is 0 Å². The molecule has 2 aliphatic heterocycles. The lowest BCUT2D eigenvalue weighted by molar-refractivity contribution is -0.113. The van der Waals surface area contributed by atoms with Crippen molar-refractivity contribution in [2.45, 2.75) is 77.9 Å². The van der Waals surface area contributed by atoms with Crippen LogP contribution in [0.1, 0.15) is 66.2 Å². The molecule has 0 aliphatic carbocycles. The average Bonchev–Trinajstić information content (AvgIpc) is 2.48. The highest BCUT2D eigenvalue weighted by Gasteiger charge is 2.43. The van der Waals surface area contributed by atoms with Crippen molar-refractivity contribution in [2.75, 3.05) is 24.7 Å². The van der Waals surface area contributed by atoms with Crippen LogP contribution in [0.2, 0.25) is 0 Å². The SMILES string of the molecule is CCCNC(C1CCOC2(CCSCC2)C1)C(C)(C)CC. The van der Waals surface area contributed by atoms with Gasteiger partial charge in [0.1, 0.15) is 0 Å². The fraction of sp³-hybridized carbons (Fsp3) is 1.00. The molecule has 0 aromatic rings. The van der Waals surface area contributed by atoms with Crippen LogP contribution in [0.3, 0.4) is 0 Å². The van der Waals surface area contributed by atoms with Crippen LogP contribution < -0.4 is 5.32 Å². The van der Waals surface area contributed by atoms with Gasteiger partial charge >= 0.3 is 0 Å². The van der Waals surface area contributed by atoms with Crippen molar-refractivity contribution in [2.24, 2.45) is 11.3 Å². The van der Waals surface area contributed by atoms with Gasteiger partial charge in [-0.3, -0.25) is 0 Å². The molecule has 2 aliphatic rings. The van der Waals surface area contributed by atoms with E-state index in [-0.39, 0.29) is 5.60 Å². The third kappa shape index (κ3) is 4.39. The van der Waals surface area contributed by atoms with E-state index >= 15 is 0 Å². The lowest BCUT2D eigenvalue weighted by atomic mass is 9.69. The predicted octanol–water partition coefficient (Wildman–Crippen LogP) is 4.48. The Kier molecular flexibility index (Phi) is 6.46. The van der Waals surface area contributed by atoms with Gasteiger partial charge in [-0.05, 0) is 67.9 Å². The molecule has 3 heteroatoms. The Morgan fingerprint density at radius 2 is 2.00 bits per heavy atom. The van der Waals surface area contributed by atoms with Gasteiger partial charge in [0.15, 0.2) is 0 Å². The van der Waals surface area contributed by atoms with Crippen molar-refractivity contribution < 1.29 is 4.74 Å². The summed E-state index contributed by atoms with van der Waals surface area (Å²) in [6.07, 6.45) is 7.51. The maximum Gasteiger partial charge on any atom is 0.0701 e. The molecule has 124 valence electrons. The molecule has 0 amide bonds. The summed E-state index contributed by atoms with van der Waals surface area (Å²) in [6, 6.07) is 0.637. The predicted molar refractivity (Wildman–Crippen MR) is 94.1 cm³/mol. The highest BCUT2D eigenvalue weighted by atomic mass is 32.2. The first-order valence-electron chi connectivity index (χ1n) is 8.98. The topological polar surface area (TPSA) is 21.3 Å². The Hall–Kier alpha value is 0.270. The number of hydrogen-bond donors (Lipinski definition) is 1. The van der Waals surface area contributed by atoms with E-state index in [9.17, 15) is 0 Å². The van der Waals surface area contributed by atoms with Crippen LogP contribution in [0.5, 0.6) is 0 Å². The van der Waals surface area contributed by atoms with Crippen LogP contribution in [0, 0.1) is 11.3 Å². The zero-order valence-electron chi connectivity index (χ0n) is 14.5. The van der Waals surface area contributed by atoms with Crippen LogP contribution in [0.25, 0.3) is 0 Å². The van der Waals surface area contributed by atoms with Gasteiger partial charge in [0.25, 0.3) is 0 Å². The lowest BCUT2D eigenvalue weighted by Gasteiger charge is -2.48. The monoisotopic (exact) mass is 313 g/mol. The number of thioether (sulfide) groups is 1. The number of hydrogen-bond acceptors (Lipinski definition) is 3. The Morgan fingerprint density at radius 3 is 2.62 bits per heavy atom. The fourth-order valence-electron chi connectivity index (χ4n) is 4.04. The molecule has 0 bridgehead atoms. The van der Waals surface area contributed by atoms with Crippen molar-refractivity contribution in [3.63, 3.8) is 0 Å². The lowest BCUT2D eigenvalue weighted by Crippen LogP contribution is -2.53. The highest BCUT2D eigenvalue weighted by molar-refractivity contribution is 7.99. The first-order chi connectivity index (χ1) is 10.0. The molecule has 2 atom stereocenters. The van der Waals surface area contributed by atoms with Gasteiger partial charge in [0.2, 0.25) is 0 Å². The molecule has 1 N–H and O–H groups in total. The van der Waals surface area contributed by atoms with Gasteiger partial charge < -0.3 is 10.1 Å². The van der Waals surface area contributed by atoms with E-state index in [1.54, 1.807) is 0 Å². The molecule has 2 unspecified atom stereocenters. The van der Waals surface area contributed by atoms with Gasteiger partial charge in [-0.1, -0.05) is 27.7 Å². The number of rotatable bonds is 6. The molecular formula is C18H35NOS. The van der Waals surface area contributed by atoms with E-state index in [0.29, 0.717) is 11.5 Å². The summed E-state index contributed by atoms with van der Waals surface area (Å²) in [7, 11) is 0. The third-order valence-electron chi connectivity index (χ3n) is 5.77. The third-order valence-corrected chi connectivity index (χ3v) is 6.76. The van der Waals surface area contributed by atoms with Gasteiger partial charge in [-0.25, -0.2) is 0 Å². The minimum atomic E-state index is 0.212. The van der Waals surface area contributed by atoms with Gasteiger partial charge in [0.05, 0.1) is 5.60 Å². The first-order valence-corrected chi connectivity index (χ1v) is 10.1. The Balaban J connectivity index is 2.07. The summed E-state index contributed by atoms with van der Waals surface area (Å²) in [4.78, 5) is 0. The summed E-state index contributed by atoms with van der Waals surface area (Å²) < 4.78 is 6.30. The van der Waals surface area contributed by atoms with E-state index in [0.717, 1.165) is 19.1 Å². The second kappa shape index (κ2) is 7.70. The minimum Gasteiger partial charge on any atom is -0.375 e. The molecule has 0 saturated carbocycles. The molecule has 0 radical (unpaired) electrons. The summed E-state index contributed by atoms with van der Waals surface area (Å²) >= 11 is 2.10.